The van der Waals surface area contributed by atoms with E-state index in [-0.39, 0.29) is 5.91 Å². The van der Waals surface area contributed by atoms with Crippen LogP contribution in [-0.2, 0) is 4.79 Å². The zero-order valence-corrected chi connectivity index (χ0v) is 14.5. The number of hydrogen-bond acceptors (Lipinski definition) is 3. The van der Waals surface area contributed by atoms with Crippen molar-refractivity contribution in [2.45, 2.75) is 76.3 Å². The summed E-state index contributed by atoms with van der Waals surface area (Å²) in [7, 11) is 0. The second-order valence-corrected chi connectivity index (χ2v) is 7.58. The Balaban J connectivity index is 1.59. The van der Waals surface area contributed by atoms with Crippen molar-refractivity contribution in [3.63, 3.8) is 0 Å². The average molecular weight is 338 g/mol. The number of nitrogens with zero attached hydrogens (tertiary/aromatic N) is 1. The number of imide groups is 1. The molecular weight excluding hydrogens is 312 g/mol. The minimum atomic E-state index is -0.712. The molecule has 1 heterocycles. The molecule has 23 heavy (non-hydrogen) atoms. The molecule has 3 N–H and O–H groups in total. The van der Waals surface area contributed by atoms with Gasteiger partial charge in [0.2, 0.25) is 0 Å². The Morgan fingerprint density at radius 2 is 1.87 bits per heavy atom. The monoisotopic (exact) mass is 338 g/mol. The van der Waals surface area contributed by atoms with Crippen molar-refractivity contribution < 1.29 is 9.59 Å². The van der Waals surface area contributed by atoms with Gasteiger partial charge in [-0.15, -0.1) is 0 Å². The van der Waals surface area contributed by atoms with Crippen molar-refractivity contribution in [1.82, 2.24) is 21.1 Å². The van der Waals surface area contributed by atoms with Crippen LogP contribution in [0.3, 0.4) is 0 Å². The summed E-state index contributed by atoms with van der Waals surface area (Å²) in [6, 6.07) is -0.0779. The number of thiocarbonyl (C=S) groups is 1. The third-order valence-electron chi connectivity index (χ3n) is 5.51. The van der Waals surface area contributed by atoms with Gasteiger partial charge in [0.05, 0.1) is 0 Å². The first-order valence-electron chi connectivity index (χ1n) is 8.76. The average Bonchev–Trinajstić information content (AvgIpc) is 2.75. The number of carbonyl (C=O) groups is 2. The van der Waals surface area contributed by atoms with Crippen molar-refractivity contribution in [1.29, 1.82) is 0 Å². The van der Waals surface area contributed by atoms with E-state index in [9.17, 15) is 9.59 Å². The summed E-state index contributed by atoms with van der Waals surface area (Å²) < 4.78 is 0. The molecule has 2 saturated carbocycles. The second kappa shape index (κ2) is 6.63. The first-order valence-corrected chi connectivity index (χ1v) is 9.16. The minimum absolute atomic E-state index is 0.192. The summed E-state index contributed by atoms with van der Waals surface area (Å²) in [5.74, 6) is 0.360. The Kier molecular flexibility index (Phi) is 4.75. The molecule has 128 valence electrons. The third kappa shape index (κ3) is 3.29. The fourth-order valence-electron chi connectivity index (χ4n) is 4.05. The molecule has 1 spiro atoms. The lowest BCUT2D eigenvalue weighted by atomic mass is 9.82. The van der Waals surface area contributed by atoms with Crippen LogP contribution in [-0.4, -0.2) is 33.6 Å². The summed E-state index contributed by atoms with van der Waals surface area (Å²) in [5, 5.41) is 7.57. The molecular formula is C16H26N4O2S. The molecule has 1 saturated heterocycles. The summed E-state index contributed by atoms with van der Waals surface area (Å²) in [6.07, 6.45) is 9.22. The van der Waals surface area contributed by atoms with Gasteiger partial charge in [-0.25, -0.2) is 4.79 Å². The molecule has 2 atom stereocenters. The SMILES string of the molecule is CC1CCCCC1NC(=S)NN1C(=O)NC2(CCCCC2)C1=O. The van der Waals surface area contributed by atoms with Gasteiger partial charge < -0.3 is 10.6 Å². The van der Waals surface area contributed by atoms with E-state index in [0.29, 0.717) is 17.1 Å². The predicted octanol–water partition coefficient (Wildman–Crippen LogP) is 2.20. The van der Waals surface area contributed by atoms with Crippen LogP contribution in [0.2, 0.25) is 0 Å². The van der Waals surface area contributed by atoms with Gasteiger partial charge in [0.15, 0.2) is 5.11 Å². The Morgan fingerprint density at radius 3 is 2.57 bits per heavy atom. The van der Waals surface area contributed by atoms with Gasteiger partial charge in [-0.1, -0.05) is 39.0 Å². The lowest BCUT2D eigenvalue weighted by molar-refractivity contribution is -0.133. The zero-order chi connectivity index (χ0) is 16.4. The first-order chi connectivity index (χ1) is 11.0. The molecule has 3 fully saturated rings. The van der Waals surface area contributed by atoms with E-state index in [1.54, 1.807) is 0 Å². The molecule has 0 aromatic carbocycles. The lowest BCUT2D eigenvalue weighted by Gasteiger charge is -2.32. The fraction of sp³-hybridized carbons (Fsp3) is 0.812. The number of hydrazine groups is 1. The second-order valence-electron chi connectivity index (χ2n) is 7.17. The Bertz CT molecular complexity index is 504. The first kappa shape index (κ1) is 16.5. The van der Waals surface area contributed by atoms with Gasteiger partial charge >= 0.3 is 6.03 Å². The van der Waals surface area contributed by atoms with Gasteiger partial charge in [0.25, 0.3) is 5.91 Å². The molecule has 7 heteroatoms. The number of urea groups is 1. The zero-order valence-electron chi connectivity index (χ0n) is 13.7. The molecule has 0 aromatic heterocycles. The van der Waals surface area contributed by atoms with Crippen LogP contribution in [0, 0.1) is 5.92 Å². The number of carbonyl (C=O) groups excluding carboxylic acids is 2. The van der Waals surface area contributed by atoms with Crippen LogP contribution in [0.15, 0.2) is 0 Å². The van der Waals surface area contributed by atoms with Crippen molar-refractivity contribution in [3.8, 4) is 0 Å². The van der Waals surface area contributed by atoms with Crippen molar-refractivity contribution in [2.75, 3.05) is 0 Å². The Hall–Kier alpha value is -1.37. The molecule has 3 rings (SSSR count). The number of rotatable bonds is 2. The molecule has 6 nitrogen and oxygen atoms in total. The summed E-state index contributed by atoms with van der Waals surface area (Å²) >= 11 is 5.32. The van der Waals surface area contributed by atoms with Crippen molar-refractivity contribution in [3.05, 3.63) is 0 Å². The molecule has 0 aromatic rings. The maximum absolute atomic E-state index is 12.7. The number of hydrogen-bond donors (Lipinski definition) is 3. The smallest absolute Gasteiger partial charge is 0.344 e. The largest absolute Gasteiger partial charge is 0.358 e. The number of amides is 3. The predicted molar refractivity (Wildman–Crippen MR) is 91.5 cm³/mol. The van der Waals surface area contributed by atoms with Crippen LogP contribution in [0.5, 0.6) is 0 Å². The highest BCUT2D eigenvalue weighted by molar-refractivity contribution is 7.80. The molecule has 0 radical (unpaired) electrons. The van der Waals surface area contributed by atoms with Crippen LogP contribution in [0.25, 0.3) is 0 Å². The molecule has 3 aliphatic rings. The molecule has 0 bridgehead atoms. The topological polar surface area (TPSA) is 73.5 Å². The van der Waals surface area contributed by atoms with Gasteiger partial charge in [0.1, 0.15) is 5.54 Å². The van der Waals surface area contributed by atoms with E-state index in [1.165, 1.54) is 19.3 Å². The van der Waals surface area contributed by atoms with Gasteiger partial charge in [0, 0.05) is 6.04 Å². The van der Waals surface area contributed by atoms with E-state index >= 15 is 0 Å². The fourth-order valence-corrected chi connectivity index (χ4v) is 4.29. The van der Waals surface area contributed by atoms with E-state index in [1.807, 2.05) is 0 Å². The Labute approximate surface area is 142 Å². The standard InChI is InChI=1S/C16H26N4O2S/c1-11-7-3-4-8-12(11)17-14(23)19-20-13(21)16(18-15(20)22)9-5-2-6-10-16/h11-12H,2-10H2,1H3,(H,18,22)(H2,17,19,23). The molecule has 3 amide bonds. The van der Waals surface area contributed by atoms with Crippen LogP contribution in [0.4, 0.5) is 4.79 Å². The summed E-state index contributed by atoms with van der Waals surface area (Å²) in [6.45, 7) is 2.21. The van der Waals surface area contributed by atoms with Gasteiger partial charge in [-0.2, -0.15) is 5.01 Å². The van der Waals surface area contributed by atoms with Gasteiger partial charge in [-0.05, 0) is 43.8 Å². The number of nitrogens with one attached hydrogen (secondary N) is 3. The lowest BCUT2D eigenvalue weighted by Crippen LogP contribution is -2.55. The Morgan fingerprint density at radius 1 is 1.17 bits per heavy atom. The maximum Gasteiger partial charge on any atom is 0.344 e. The minimum Gasteiger partial charge on any atom is -0.358 e. The van der Waals surface area contributed by atoms with E-state index in [0.717, 1.165) is 43.5 Å². The maximum atomic E-state index is 12.7. The third-order valence-corrected chi connectivity index (χ3v) is 5.72. The molecule has 2 aliphatic carbocycles. The van der Waals surface area contributed by atoms with E-state index in [4.69, 9.17) is 12.2 Å². The van der Waals surface area contributed by atoms with Crippen molar-refractivity contribution >= 4 is 29.3 Å². The summed E-state index contributed by atoms with van der Waals surface area (Å²) in [5.41, 5.74) is 2.10. The van der Waals surface area contributed by atoms with E-state index in [2.05, 4.69) is 23.0 Å². The molecule has 2 unspecified atom stereocenters. The van der Waals surface area contributed by atoms with Gasteiger partial charge in [-0.3, -0.25) is 10.2 Å². The van der Waals surface area contributed by atoms with Crippen LogP contribution in [0.1, 0.15) is 64.7 Å². The quantitative estimate of drug-likeness (QED) is 0.532. The summed E-state index contributed by atoms with van der Waals surface area (Å²) in [4.78, 5) is 24.9. The highest BCUT2D eigenvalue weighted by atomic mass is 32.1. The highest BCUT2D eigenvalue weighted by Gasteiger charge is 2.52. The van der Waals surface area contributed by atoms with Crippen molar-refractivity contribution in [2.24, 2.45) is 5.92 Å². The molecule has 1 aliphatic heterocycles. The highest BCUT2D eigenvalue weighted by Crippen LogP contribution is 2.33. The normalized spacial score (nSPS) is 30.2. The van der Waals surface area contributed by atoms with Crippen LogP contribution >= 0.6 is 12.2 Å². The van der Waals surface area contributed by atoms with E-state index < -0.39 is 11.6 Å². The van der Waals surface area contributed by atoms with Crippen LogP contribution < -0.4 is 16.1 Å².